The quantitative estimate of drug-likeness (QED) is 0.660. The normalized spacial score (nSPS) is 10.6. The molecule has 140 valence electrons. The van der Waals surface area contributed by atoms with Crippen LogP contribution in [0.25, 0.3) is 0 Å². The van der Waals surface area contributed by atoms with Gasteiger partial charge in [0.1, 0.15) is 30.3 Å². The summed E-state index contributed by atoms with van der Waals surface area (Å²) in [6.45, 7) is 0.132. The summed E-state index contributed by atoms with van der Waals surface area (Å²) in [6, 6.07) is 7.03. The maximum Gasteiger partial charge on any atom is 0.293 e. The fourth-order valence-electron chi connectivity index (χ4n) is 2.04. The lowest BCUT2D eigenvalue weighted by Crippen LogP contribution is -2.15. The van der Waals surface area contributed by atoms with Crippen molar-refractivity contribution in [3.63, 3.8) is 0 Å². The molecule has 0 spiro atoms. The van der Waals surface area contributed by atoms with E-state index in [1.54, 1.807) is 18.2 Å². The molecule has 8 nitrogen and oxygen atoms in total. The Hall–Kier alpha value is -3.11. The monoisotopic (exact) mass is 391 g/mol. The fraction of sp³-hybridized carbons (Fsp3) is 0.176. The van der Waals surface area contributed by atoms with Crippen LogP contribution in [0, 0.1) is 5.82 Å². The van der Waals surface area contributed by atoms with E-state index in [0.717, 1.165) is 23.7 Å². The van der Waals surface area contributed by atoms with E-state index < -0.39 is 17.2 Å². The molecule has 0 aliphatic carbocycles. The molecular weight excluding hydrogens is 377 g/mol. The van der Waals surface area contributed by atoms with Crippen LogP contribution in [0.15, 0.2) is 45.8 Å². The van der Waals surface area contributed by atoms with Crippen LogP contribution in [-0.4, -0.2) is 23.2 Å². The molecule has 2 aromatic heterocycles. The number of benzene rings is 1. The Kier molecular flexibility index (Phi) is 5.89. The van der Waals surface area contributed by atoms with Crippen LogP contribution in [0.4, 0.5) is 9.52 Å². The zero-order chi connectivity index (χ0) is 19.2. The maximum atomic E-state index is 13.6. The van der Waals surface area contributed by atoms with Gasteiger partial charge < -0.3 is 13.9 Å². The van der Waals surface area contributed by atoms with Gasteiger partial charge in [-0.3, -0.25) is 14.9 Å². The molecule has 0 bridgehead atoms. The van der Waals surface area contributed by atoms with E-state index in [1.807, 2.05) is 0 Å². The summed E-state index contributed by atoms with van der Waals surface area (Å²) in [5.74, 6) is -1.45. The smallest absolute Gasteiger partial charge is 0.293 e. The first-order chi connectivity index (χ1) is 13.1. The molecule has 27 heavy (non-hydrogen) atoms. The maximum absolute atomic E-state index is 13.6. The first-order valence-corrected chi connectivity index (χ1v) is 8.50. The van der Waals surface area contributed by atoms with Crippen LogP contribution in [0.1, 0.15) is 21.1 Å². The van der Waals surface area contributed by atoms with Crippen LogP contribution < -0.4 is 15.5 Å². The van der Waals surface area contributed by atoms with Gasteiger partial charge >= 0.3 is 0 Å². The van der Waals surface area contributed by atoms with Gasteiger partial charge in [-0.2, -0.15) is 0 Å². The number of nitrogens with zero attached hydrogens (tertiary/aromatic N) is 2. The molecule has 0 aliphatic rings. The Balaban J connectivity index is 1.65. The largest absolute Gasteiger partial charge is 0.482 e. The molecule has 10 heteroatoms. The van der Waals surface area contributed by atoms with E-state index in [2.05, 4.69) is 15.5 Å². The number of methoxy groups -OCH3 is 1. The predicted molar refractivity (Wildman–Crippen MR) is 94.3 cm³/mol. The molecule has 1 aromatic carbocycles. The van der Waals surface area contributed by atoms with Crippen LogP contribution in [0.3, 0.4) is 0 Å². The number of amides is 1. The van der Waals surface area contributed by atoms with Crippen LogP contribution in [0.2, 0.25) is 0 Å². The highest BCUT2D eigenvalue weighted by molar-refractivity contribution is 7.15. The Morgan fingerprint density at radius 1 is 1.30 bits per heavy atom. The standard InChI is InChI=1S/C17H14FN3O5S/c1-24-9-15-20-21-17(27-15)19-16(23)13-6-12(22)14(8-26-13)25-7-10-4-2-3-5-11(10)18/h2-6,8H,7,9H2,1H3,(H,19,21,23). The summed E-state index contributed by atoms with van der Waals surface area (Å²) in [5, 5.41) is 10.9. The second-order valence-electron chi connectivity index (χ2n) is 5.24. The second kappa shape index (κ2) is 8.52. The summed E-state index contributed by atoms with van der Waals surface area (Å²) in [4.78, 5) is 24.2. The molecule has 1 N–H and O–H groups in total. The zero-order valence-electron chi connectivity index (χ0n) is 14.1. The van der Waals surface area contributed by atoms with Gasteiger partial charge in [0.15, 0.2) is 5.76 Å². The van der Waals surface area contributed by atoms with Gasteiger partial charge in [-0.15, -0.1) is 10.2 Å². The highest BCUT2D eigenvalue weighted by Gasteiger charge is 2.15. The third kappa shape index (κ3) is 4.74. The molecule has 2 heterocycles. The van der Waals surface area contributed by atoms with Crippen LogP contribution >= 0.6 is 11.3 Å². The number of aromatic nitrogens is 2. The lowest BCUT2D eigenvalue weighted by molar-refractivity contribution is 0.0993. The molecule has 0 fully saturated rings. The van der Waals surface area contributed by atoms with Gasteiger partial charge in [-0.25, -0.2) is 4.39 Å². The minimum atomic E-state index is -0.659. The van der Waals surface area contributed by atoms with Crippen LogP contribution in [0.5, 0.6) is 5.75 Å². The highest BCUT2D eigenvalue weighted by atomic mass is 32.1. The SMILES string of the molecule is COCc1nnc(NC(=O)c2cc(=O)c(OCc3ccccc3F)co2)s1. The van der Waals surface area contributed by atoms with Gasteiger partial charge in [0.2, 0.25) is 16.3 Å². The van der Waals surface area contributed by atoms with Crippen molar-refractivity contribution in [3.05, 3.63) is 69.0 Å². The Labute approximate surface area is 156 Å². The van der Waals surface area contributed by atoms with Gasteiger partial charge in [0.25, 0.3) is 5.91 Å². The number of ether oxygens (including phenoxy) is 2. The van der Waals surface area contributed by atoms with Gasteiger partial charge in [-0.1, -0.05) is 29.5 Å². The molecule has 0 saturated carbocycles. The molecule has 0 saturated heterocycles. The van der Waals surface area contributed by atoms with Crippen molar-refractivity contribution in [2.45, 2.75) is 13.2 Å². The molecule has 0 atom stereocenters. The average Bonchev–Trinajstić information content (AvgIpc) is 3.09. The first-order valence-electron chi connectivity index (χ1n) is 7.68. The van der Waals surface area contributed by atoms with Crippen molar-refractivity contribution >= 4 is 22.4 Å². The summed E-state index contributed by atoms with van der Waals surface area (Å²) in [6.07, 6.45) is 1.01. The van der Waals surface area contributed by atoms with Gasteiger partial charge in [0.05, 0.1) is 0 Å². The van der Waals surface area contributed by atoms with E-state index in [-0.39, 0.29) is 29.9 Å². The lowest BCUT2D eigenvalue weighted by Gasteiger charge is -2.06. The highest BCUT2D eigenvalue weighted by Crippen LogP contribution is 2.17. The second-order valence-corrected chi connectivity index (χ2v) is 6.30. The van der Waals surface area contributed by atoms with Crippen molar-refractivity contribution in [2.75, 3.05) is 12.4 Å². The number of carbonyl (C=O) groups excluding carboxylic acids is 1. The molecule has 0 unspecified atom stereocenters. The van der Waals surface area contributed by atoms with Crippen molar-refractivity contribution in [1.29, 1.82) is 0 Å². The molecule has 0 aliphatic heterocycles. The fourth-order valence-corrected chi connectivity index (χ4v) is 2.75. The molecular formula is C17H14FN3O5S. The number of hydrogen-bond donors (Lipinski definition) is 1. The van der Waals surface area contributed by atoms with E-state index >= 15 is 0 Å². The first kappa shape index (κ1) is 18.7. The number of rotatable bonds is 7. The van der Waals surface area contributed by atoms with Crippen molar-refractivity contribution in [2.24, 2.45) is 0 Å². The summed E-state index contributed by atoms with van der Waals surface area (Å²) >= 11 is 1.14. The third-order valence-corrected chi connectivity index (χ3v) is 4.13. The van der Waals surface area contributed by atoms with E-state index in [9.17, 15) is 14.0 Å². The Morgan fingerprint density at radius 2 is 2.11 bits per heavy atom. The van der Waals surface area contributed by atoms with E-state index in [1.165, 1.54) is 13.2 Å². The zero-order valence-corrected chi connectivity index (χ0v) is 14.9. The van der Waals surface area contributed by atoms with Gasteiger partial charge in [-0.05, 0) is 6.07 Å². The molecule has 0 radical (unpaired) electrons. The van der Waals surface area contributed by atoms with E-state index in [0.29, 0.717) is 10.6 Å². The van der Waals surface area contributed by atoms with Crippen molar-refractivity contribution in [1.82, 2.24) is 10.2 Å². The predicted octanol–water partition coefficient (Wildman–Crippen LogP) is 2.61. The Bertz CT molecular complexity index is 1000. The number of halogens is 1. The number of hydrogen-bond acceptors (Lipinski definition) is 8. The summed E-state index contributed by atoms with van der Waals surface area (Å²) in [5.41, 5.74) is -0.276. The van der Waals surface area contributed by atoms with E-state index in [4.69, 9.17) is 13.9 Å². The number of nitrogens with one attached hydrogen (secondary N) is 1. The summed E-state index contributed by atoms with van der Waals surface area (Å²) in [7, 11) is 1.52. The summed E-state index contributed by atoms with van der Waals surface area (Å²) < 4.78 is 28.9. The van der Waals surface area contributed by atoms with Gasteiger partial charge in [0, 0.05) is 18.7 Å². The van der Waals surface area contributed by atoms with Crippen molar-refractivity contribution in [3.8, 4) is 5.75 Å². The molecule has 3 aromatic rings. The lowest BCUT2D eigenvalue weighted by atomic mass is 10.2. The number of anilines is 1. The average molecular weight is 391 g/mol. The third-order valence-electron chi connectivity index (χ3n) is 3.32. The Morgan fingerprint density at radius 3 is 2.85 bits per heavy atom. The minimum Gasteiger partial charge on any atom is -0.482 e. The minimum absolute atomic E-state index is 0.131. The van der Waals surface area contributed by atoms with Crippen LogP contribution in [-0.2, 0) is 18.0 Å². The molecule has 3 rings (SSSR count). The molecule has 1 amide bonds. The number of carbonyl (C=O) groups is 1. The topological polar surface area (TPSA) is 104 Å². The van der Waals surface area contributed by atoms with Crippen molar-refractivity contribution < 1.29 is 23.1 Å².